The Hall–Kier alpha value is -3.98. The zero-order chi connectivity index (χ0) is 18.3. The van der Waals surface area contributed by atoms with Gasteiger partial charge in [0.1, 0.15) is 6.61 Å². The van der Waals surface area contributed by atoms with Crippen LogP contribution in [0.5, 0.6) is 5.75 Å². The summed E-state index contributed by atoms with van der Waals surface area (Å²) in [5.41, 5.74) is 2.30. The second kappa shape index (κ2) is 7.93. The van der Waals surface area contributed by atoms with Crippen molar-refractivity contribution in [2.75, 3.05) is 0 Å². The molecule has 0 atom stereocenters. The van der Waals surface area contributed by atoms with Crippen molar-refractivity contribution in [1.82, 2.24) is 20.2 Å². The summed E-state index contributed by atoms with van der Waals surface area (Å²) in [4.78, 5) is 8.32. The Balaban J connectivity index is 1.54. The lowest BCUT2D eigenvalue weighted by molar-refractivity contribution is 0.305. The zero-order valence-electron chi connectivity index (χ0n) is 14.2. The fraction of sp³-hybridized carbons (Fsp3) is 0.0476. The average Bonchev–Trinajstić information content (AvgIpc) is 3.21. The molecular formula is C21H14N4O2. The van der Waals surface area contributed by atoms with Gasteiger partial charge in [0.2, 0.25) is 0 Å². The lowest BCUT2D eigenvalue weighted by Crippen LogP contribution is -1.98. The van der Waals surface area contributed by atoms with Crippen LogP contribution in [0.15, 0.2) is 77.6 Å². The maximum absolute atomic E-state index is 5.88. The Morgan fingerprint density at radius 1 is 0.889 bits per heavy atom. The molecule has 0 aliphatic rings. The highest BCUT2D eigenvalue weighted by Gasteiger charge is 2.14. The molecule has 0 bridgehead atoms. The molecule has 6 heteroatoms. The fourth-order valence-electron chi connectivity index (χ4n) is 2.33. The highest BCUT2D eigenvalue weighted by Crippen LogP contribution is 2.27. The third-order valence-electron chi connectivity index (χ3n) is 3.61. The highest BCUT2D eigenvalue weighted by molar-refractivity contribution is 5.57. The lowest BCUT2D eigenvalue weighted by atomic mass is 10.2. The van der Waals surface area contributed by atoms with Crippen LogP contribution in [-0.2, 0) is 6.61 Å². The molecule has 0 fully saturated rings. The molecule has 3 aromatic heterocycles. The van der Waals surface area contributed by atoms with E-state index in [0.717, 1.165) is 11.1 Å². The Kier molecular flexibility index (Phi) is 4.84. The van der Waals surface area contributed by atoms with E-state index in [9.17, 15) is 0 Å². The van der Waals surface area contributed by atoms with Crippen molar-refractivity contribution in [1.29, 1.82) is 0 Å². The van der Waals surface area contributed by atoms with Gasteiger partial charge in [-0.05, 0) is 35.7 Å². The van der Waals surface area contributed by atoms with E-state index in [0.29, 0.717) is 18.1 Å². The summed E-state index contributed by atoms with van der Waals surface area (Å²) in [6.45, 7) is 0.418. The predicted molar refractivity (Wildman–Crippen MR) is 98.5 cm³/mol. The first-order valence-electron chi connectivity index (χ1n) is 8.26. The Bertz CT molecular complexity index is 1080. The zero-order valence-corrected chi connectivity index (χ0v) is 14.2. The minimum absolute atomic E-state index is 0.202. The molecule has 1 aromatic carbocycles. The molecule has 130 valence electrons. The molecule has 3 heterocycles. The number of hydrogen-bond donors (Lipinski definition) is 0. The molecule has 0 amide bonds. The minimum Gasteiger partial charge on any atom is -0.486 e. The van der Waals surface area contributed by atoms with Crippen LogP contribution in [-0.4, -0.2) is 20.2 Å². The molecule has 0 saturated heterocycles. The van der Waals surface area contributed by atoms with Crippen LogP contribution in [0.2, 0.25) is 0 Å². The summed E-state index contributed by atoms with van der Waals surface area (Å²) in [7, 11) is 0. The summed E-state index contributed by atoms with van der Waals surface area (Å²) in [5, 5.41) is 8.00. The number of hydrogen-bond acceptors (Lipinski definition) is 6. The molecule has 0 radical (unpaired) electrons. The number of nitrogens with zero attached hydrogens (tertiary/aromatic N) is 4. The highest BCUT2D eigenvalue weighted by atomic mass is 16.5. The number of aromatic nitrogens is 4. The molecule has 0 N–H and O–H groups in total. The molecule has 4 aromatic rings. The molecule has 0 spiro atoms. The van der Waals surface area contributed by atoms with E-state index in [2.05, 4.69) is 32.0 Å². The van der Waals surface area contributed by atoms with E-state index in [4.69, 9.17) is 9.15 Å². The summed E-state index contributed by atoms with van der Waals surface area (Å²) in [6, 6.07) is 17.2. The third-order valence-corrected chi connectivity index (χ3v) is 3.61. The van der Waals surface area contributed by atoms with Crippen molar-refractivity contribution >= 4 is 0 Å². The van der Waals surface area contributed by atoms with Gasteiger partial charge in [-0.1, -0.05) is 41.4 Å². The van der Waals surface area contributed by atoms with E-state index in [1.54, 1.807) is 24.7 Å². The van der Waals surface area contributed by atoms with E-state index in [1.807, 2.05) is 48.5 Å². The first-order chi connectivity index (χ1) is 13.4. The number of rotatable bonds is 4. The average molecular weight is 354 g/mol. The van der Waals surface area contributed by atoms with Crippen molar-refractivity contribution in [3.05, 3.63) is 90.2 Å². The van der Waals surface area contributed by atoms with Crippen molar-refractivity contribution in [3.8, 4) is 29.2 Å². The summed E-state index contributed by atoms with van der Waals surface area (Å²) < 4.78 is 11.5. The fourth-order valence-corrected chi connectivity index (χ4v) is 2.33. The molecule has 4 rings (SSSR count). The van der Waals surface area contributed by atoms with E-state index in [-0.39, 0.29) is 11.8 Å². The first kappa shape index (κ1) is 16.5. The van der Waals surface area contributed by atoms with Crippen LogP contribution in [0.3, 0.4) is 0 Å². The standard InChI is InChI=1S/C21H14N4O2/c1-2-6-17(7-3-1)15-26-18-9-5-13-23-20(18)21-25-24-19(27-21)11-10-16-8-4-12-22-14-16/h1-9,12-14H,15H2. The van der Waals surface area contributed by atoms with Gasteiger partial charge in [-0.3, -0.25) is 4.98 Å². The smallest absolute Gasteiger partial charge is 0.294 e. The monoisotopic (exact) mass is 354 g/mol. The molecular weight excluding hydrogens is 340 g/mol. The summed E-state index contributed by atoms with van der Waals surface area (Å²) >= 11 is 0. The quantitative estimate of drug-likeness (QED) is 0.522. The Labute approximate surface area is 155 Å². The lowest BCUT2D eigenvalue weighted by Gasteiger charge is -2.08. The molecule has 0 aliphatic carbocycles. The van der Waals surface area contributed by atoms with E-state index in [1.165, 1.54) is 0 Å². The summed E-state index contributed by atoms with van der Waals surface area (Å²) in [6.07, 6.45) is 5.00. The van der Waals surface area contributed by atoms with Crippen molar-refractivity contribution < 1.29 is 9.15 Å². The van der Waals surface area contributed by atoms with Gasteiger partial charge in [-0.2, -0.15) is 0 Å². The van der Waals surface area contributed by atoms with E-state index >= 15 is 0 Å². The van der Waals surface area contributed by atoms with Crippen LogP contribution in [0.1, 0.15) is 17.0 Å². The summed E-state index contributed by atoms with van der Waals surface area (Å²) in [5.74, 6) is 6.78. The van der Waals surface area contributed by atoms with Crippen LogP contribution >= 0.6 is 0 Å². The number of benzene rings is 1. The maximum Gasteiger partial charge on any atom is 0.294 e. The van der Waals surface area contributed by atoms with Gasteiger partial charge >= 0.3 is 0 Å². The van der Waals surface area contributed by atoms with Gasteiger partial charge in [0, 0.05) is 24.2 Å². The topological polar surface area (TPSA) is 73.9 Å². The van der Waals surface area contributed by atoms with Gasteiger partial charge in [0.05, 0.1) is 0 Å². The third kappa shape index (κ3) is 4.17. The van der Waals surface area contributed by atoms with Crippen LogP contribution < -0.4 is 4.74 Å². The molecule has 27 heavy (non-hydrogen) atoms. The van der Waals surface area contributed by atoms with Gasteiger partial charge in [0.15, 0.2) is 11.4 Å². The predicted octanol–water partition coefficient (Wildman–Crippen LogP) is 3.51. The maximum atomic E-state index is 5.88. The largest absolute Gasteiger partial charge is 0.486 e. The van der Waals surface area contributed by atoms with E-state index < -0.39 is 0 Å². The molecule has 6 nitrogen and oxygen atoms in total. The molecule has 0 unspecified atom stereocenters. The molecule has 0 aliphatic heterocycles. The van der Waals surface area contributed by atoms with Crippen molar-refractivity contribution in [2.24, 2.45) is 0 Å². The van der Waals surface area contributed by atoms with Crippen LogP contribution in [0, 0.1) is 11.8 Å². The first-order valence-corrected chi connectivity index (χ1v) is 8.26. The van der Waals surface area contributed by atoms with Crippen molar-refractivity contribution in [3.63, 3.8) is 0 Å². The minimum atomic E-state index is 0.202. The Morgan fingerprint density at radius 3 is 2.63 bits per heavy atom. The van der Waals surface area contributed by atoms with Gasteiger partial charge < -0.3 is 9.15 Å². The van der Waals surface area contributed by atoms with Gasteiger partial charge in [-0.25, -0.2) is 4.98 Å². The Morgan fingerprint density at radius 2 is 1.78 bits per heavy atom. The van der Waals surface area contributed by atoms with Gasteiger partial charge in [-0.15, -0.1) is 5.10 Å². The van der Waals surface area contributed by atoms with Crippen molar-refractivity contribution in [2.45, 2.75) is 6.61 Å². The number of ether oxygens (including phenoxy) is 1. The van der Waals surface area contributed by atoms with Crippen LogP contribution in [0.4, 0.5) is 0 Å². The number of pyridine rings is 2. The second-order valence-corrected chi connectivity index (χ2v) is 5.53. The normalized spacial score (nSPS) is 10.1. The SMILES string of the molecule is C(#Cc1nnc(-c2ncccc2OCc2ccccc2)o1)c1cccnc1. The van der Waals surface area contributed by atoms with Gasteiger partial charge in [0.25, 0.3) is 11.8 Å². The van der Waals surface area contributed by atoms with Crippen LogP contribution in [0.25, 0.3) is 11.6 Å². The second-order valence-electron chi connectivity index (χ2n) is 5.53. The molecule has 0 saturated carbocycles.